The normalized spacial score (nSPS) is 17.0. The second-order valence-corrected chi connectivity index (χ2v) is 6.80. The molecule has 0 unspecified atom stereocenters. The molecule has 0 atom stereocenters. The molecule has 0 saturated carbocycles. The minimum atomic E-state index is 0.262. The molecule has 1 fully saturated rings. The highest BCUT2D eigenvalue weighted by atomic mass is 35.5. The minimum absolute atomic E-state index is 0.262. The average Bonchev–Trinajstić information content (AvgIpc) is 3.11. The van der Waals surface area contributed by atoms with Gasteiger partial charge in [-0.1, -0.05) is 23.7 Å². The maximum atomic E-state index is 6.32. The van der Waals surface area contributed by atoms with Crippen molar-refractivity contribution in [3.8, 4) is 17.2 Å². The van der Waals surface area contributed by atoms with Gasteiger partial charge in [-0.2, -0.15) is 0 Å². The number of methoxy groups -OCH3 is 1. The molecule has 5 nitrogen and oxygen atoms in total. The summed E-state index contributed by atoms with van der Waals surface area (Å²) in [5.41, 5.74) is 2.34. The Bertz CT molecular complexity index is 760. The van der Waals surface area contributed by atoms with Crippen molar-refractivity contribution in [1.82, 2.24) is 0 Å². The Morgan fingerprint density at radius 1 is 1.16 bits per heavy atom. The van der Waals surface area contributed by atoms with E-state index in [0.29, 0.717) is 5.75 Å². The summed E-state index contributed by atoms with van der Waals surface area (Å²) in [6.45, 7) is 5.35. The van der Waals surface area contributed by atoms with Gasteiger partial charge in [-0.3, -0.25) is 0 Å². The van der Waals surface area contributed by atoms with E-state index >= 15 is 0 Å². The van der Waals surface area contributed by atoms with Crippen molar-refractivity contribution in [3.05, 3.63) is 47.0 Å². The molecule has 4 rings (SSSR count). The summed E-state index contributed by atoms with van der Waals surface area (Å²) in [6, 6.07) is 12.2. The van der Waals surface area contributed by atoms with Gasteiger partial charge in [0.2, 0.25) is 12.5 Å². The van der Waals surface area contributed by atoms with Gasteiger partial charge in [-0.05, 0) is 24.3 Å². The van der Waals surface area contributed by atoms with Crippen LogP contribution in [0, 0.1) is 0 Å². The summed E-state index contributed by atoms with van der Waals surface area (Å²) in [7, 11) is 1.66. The third kappa shape index (κ3) is 3.34. The van der Waals surface area contributed by atoms with Gasteiger partial charge in [0.05, 0.1) is 44.0 Å². The number of rotatable bonds is 4. The second-order valence-electron chi connectivity index (χ2n) is 6.40. The van der Waals surface area contributed by atoms with Crippen LogP contribution in [0.4, 0.5) is 5.69 Å². The number of nitrogens with one attached hydrogen (secondary N) is 1. The molecule has 0 amide bonds. The zero-order valence-corrected chi connectivity index (χ0v) is 15.0. The smallest absolute Gasteiger partial charge is 0.231 e. The zero-order chi connectivity index (χ0) is 17.2. The van der Waals surface area contributed by atoms with E-state index in [1.807, 2.05) is 18.2 Å². The highest BCUT2D eigenvalue weighted by molar-refractivity contribution is 6.33. The molecule has 0 radical (unpaired) electrons. The number of ether oxygens (including phenoxy) is 3. The van der Waals surface area contributed by atoms with Gasteiger partial charge in [0.25, 0.3) is 0 Å². The van der Waals surface area contributed by atoms with Crippen LogP contribution in [0.3, 0.4) is 0 Å². The zero-order valence-electron chi connectivity index (χ0n) is 14.3. The Balaban J connectivity index is 1.42. The molecular weight excluding hydrogens is 340 g/mol. The van der Waals surface area contributed by atoms with E-state index in [1.54, 1.807) is 12.0 Å². The number of halogens is 1. The topological polar surface area (TPSA) is 35.4 Å². The van der Waals surface area contributed by atoms with E-state index in [2.05, 4.69) is 23.1 Å². The predicted molar refractivity (Wildman–Crippen MR) is 97.2 cm³/mol. The van der Waals surface area contributed by atoms with Crippen molar-refractivity contribution >= 4 is 17.3 Å². The third-order valence-corrected chi connectivity index (χ3v) is 5.16. The van der Waals surface area contributed by atoms with E-state index in [1.165, 1.54) is 5.56 Å². The lowest BCUT2D eigenvalue weighted by molar-refractivity contribution is -0.914. The fraction of sp³-hybridized carbons (Fsp3) is 0.368. The molecule has 2 aromatic carbocycles. The first kappa shape index (κ1) is 16.4. The van der Waals surface area contributed by atoms with Gasteiger partial charge in [-0.25, -0.2) is 0 Å². The summed E-state index contributed by atoms with van der Waals surface area (Å²) in [4.78, 5) is 3.91. The highest BCUT2D eigenvalue weighted by Crippen LogP contribution is 2.41. The minimum Gasteiger partial charge on any atom is -0.493 e. The Labute approximate surface area is 152 Å². The monoisotopic (exact) mass is 361 g/mol. The number of anilines is 1. The maximum Gasteiger partial charge on any atom is 0.231 e. The maximum absolute atomic E-state index is 6.32. The molecule has 0 bridgehead atoms. The van der Waals surface area contributed by atoms with E-state index in [9.17, 15) is 0 Å². The Hall–Kier alpha value is -2.11. The summed E-state index contributed by atoms with van der Waals surface area (Å²) in [6.07, 6.45) is 0. The molecule has 1 N–H and O–H groups in total. The Kier molecular flexibility index (Phi) is 4.59. The molecule has 2 aliphatic rings. The van der Waals surface area contributed by atoms with Gasteiger partial charge < -0.3 is 24.0 Å². The molecule has 6 heteroatoms. The van der Waals surface area contributed by atoms with Crippen LogP contribution in [0.15, 0.2) is 36.4 Å². The molecule has 0 spiro atoms. The van der Waals surface area contributed by atoms with Gasteiger partial charge >= 0.3 is 0 Å². The number of piperazine rings is 1. The third-order valence-electron chi connectivity index (χ3n) is 4.84. The van der Waals surface area contributed by atoms with Gasteiger partial charge in [0.1, 0.15) is 6.54 Å². The van der Waals surface area contributed by atoms with Crippen molar-refractivity contribution in [1.29, 1.82) is 0 Å². The lowest BCUT2D eigenvalue weighted by Gasteiger charge is -2.34. The van der Waals surface area contributed by atoms with Gasteiger partial charge in [0, 0.05) is 5.56 Å². The van der Waals surface area contributed by atoms with E-state index in [0.717, 1.165) is 54.9 Å². The highest BCUT2D eigenvalue weighted by Gasteiger charge is 2.24. The van der Waals surface area contributed by atoms with E-state index in [-0.39, 0.29) is 6.79 Å². The quantitative estimate of drug-likeness (QED) is 0.903. The van der Waals surface area contributed by atoms with Crippen molar-refractivity contribution in [2.24, 2.45) is 0 Å². The van der Waals surface area contributed by atoms with Crippen LogP contribution in [0.25, 0.3) is 0 Å². The van der Waals surface area contributed by atoms with Crippen LogP contribution in [0.5, 0.6) is 17.2 Å². The van der Waals surface area contributed by atoms with E-state index in [4.69, 9.17) is 25.8 Å². The molecule has 2 aromatic rings. The summed E-state index contributed by atoms with van der Waals surface area (Å²) in [5, 5.41) is 0.825. The van der Waals surface area contributed by atoms with Crippen molar-refractivity contribution in [2.45, 2.75) is 6.54 Å². The SMILES string of the molecule is COc1cc(C[NH+]2CCN(c3ccccc3Cl)CC2)cc2c1OCO2. The van der Waals surface area contributed by atoms with Crippen LogP contribution in [-0.2, 0) is 6.54 Å². The average molecular weight is 362 g/mol. The standard InChI is InChI=1S/C19H21ClN2O3/c1-23-17-10-14(11-18-19(17)25-13-24-18)12-21-6-8-22(9-7-21)16-5-3-2-4-15(16)20/h2-5,10-11H,6-9,12-13H2,1H3/p+1. The number of benzene rings is 2. The summed E-state index contributed by atoms with van der Waals surface area (Å²) in [5.74, 6) is 2.24. The van der Waals surface area contributed by atoms with Gasteiger partial charge in [0.15, 0.2) is 11.5 Å². The van der Waals surface area contributed by atoms with Crippen LogP contribution in [0.1, 0.15) is 5.56 Å². The van der Waals surface area contributed by atoms with Crippen LogP contribution in [0.2, 0.25) is 5.02 Å². The number of fused-ring (bicyclic) bond motifs is 1. The number of nitrogens with zero attached hydrogens (tertiary/aromatic N) is 1. The lowest BCUT2D eigenvalue weighted by atomic mass is 10.1. The Morgan fingerprint density at radius 2 is 1.96 bits per heavy atom. The van der Waals surface area contributed by atoms with Crippen LogP contribution >= 0.6 is 11.6 Å². The van der Waals surface area contributed by atoms with Crippen LogP contribution in [-0.4, -0.2) is 40.1 Å². The molecular formula is C19H22ClN2O3+. The molecule has 2 heterocycles. The first-order valence-corrected chi connectivity index (χ1v) is 8.92. The second kappa shape index (κ2) is 7.02. The summed E-state index contributed by atoms with van der Waals surface area (Å²) >= 11 is 6.32. The first-order valence-electron chi connectivity index (χ1n) is 8.54. The molecule has 132 valence electrons. The number of para-hydroxylation sites is 1. The predicted octanol–water partition coefficient (Wildman–Crippen LogP) is 1.98. The molecule has 1 saturated heterocycles. The molecule has 2 aliphatic heterocycles. The van der Waals surface area contributed by atoms with Crippen molar-refractivity contribution in [3.63, 3.8) is 0 Å². The molecule has 25 heavy (non-hydrogen) atoms. The molecule has 0 aliphatic carbocycles. The molecule has 0 aromatic heterocycles. The van der Waals surface area contributed by atoms with Crippen molar-refractivity contribution < 1.29 is 19.1 Å². The summed E-state index contributed by atoms with van der Waals surface area (Å²) < 4.78 is 16.4. The number of hydrogen-bond donors (Lipinski definition) is 1. The van der Waals surface area contributed by atoms with Crippen LogP contribution < -0.4 is 24.0 Å². The fourth-order valence-corrected chi connectivity index (χ4v) is 3.78. The largest absolute Gasteiger partial charge is 0.493 e. The van der Waals surface area contributed by atoms with Gasteiger partial charge in [-0.15, -0.1) is 0 Å². The van der Waals surface area contributed by atoms with E-state index < -0.39 is 0 Å². The van der Waals surface area contributed by atoms with Crippen molar-refractivity contribution in [2.75, 3.05) is 45.0 Å². The Morgan fingerprint density at radius 3 is 2.72 bits per heavy atom. The number of quaternary nitrogens is 1. The fourth-order valence-electron chi connectivity index (χ4n) is 3.52. The first-order chi connectivity index (χ1) is 12.2. The lowest BCUT2D eigenvalue weighted by Crippen LogP contribution is -3.13. The number of hydrogen-bond acceptors (Lipinski definition) is 4.